The smallest absolute Gasteiger partial charge is 0.341 e. The van der Waals surface area contributed by atoms with Gasteiger partial charge in [-0.1, -0.05) is 72.8 Å². The summed E-state index contributed by atoms with van der Waals surface area (Å²) in [7, 11) is 1.85. The molecule has 1 unspecified atom stereocenters. The van der Waals surface area contributed by atoms with Crippen LogP contribution in [0.2, 0.25) is 0 Å². The Kier molecular flexibility index (Phi) is 8.45. The average Bonchev–Trinajstić information content (AvgIpc) is 2.88. The minimum Gasteiger partial charge on any atom is -0.482 e. The molecule has 3 aromatic carbocycles. The van der Waals surface area contributed by atoms with Gasteiger partial charge >= 0.3 is 5.97 Å². The zero-order valence-electron chi connectivity index (χ0n) is 19.7. The molecule has 1 aliphatic carbocycles. The summed E-state index contributed by atoms with van der Waals surface area (Å²) in [4.78, 5) is 25.6. The molecular weight excluding hydrogens is 460 g/mol. The number of carbonyl (C=O) groups excluding carboxylic acids is 1. The number of hydrogen-bond acceptors (Lipinski definition) is 5. The van der Waals surface area contributed by atoms with Crippen LogP contribution < -0.4 is 9.46 Å². The van der Waals surface area contributed by atoms with Gasteiger partial charge in [0.05, 0.1) is 6.04 Å². The third-order valence-electron chi connectivity index (χ3n) is 6.27. The lowest BCUT2D eigenvalue weighted by Crippen LogP contribution is -2.33. The monoisotopic (exact) mass is 490 g/mol. The standard InChI is InChI=1S/C28H30N2O4S/c1-30(18-20-15-16-24-23(17-20)13-8-14-25(24)34-19-26(31)32)28(33)35-29-27(21-9-4-2-5-10-21)22-11-6-3-7-12-22/h2-14,20,27,29H,15-19H2,1H3,(H,31,32). The fourth-order valence-electron chi connectivity index (χ4n) is 4.55. The van der Waals surface area contributed by atoms with Crippen LogP contribution in [0.1, 0.15) is 34.7 Å². The van der Waals surface area contributed by atoms with Gasteiger partial charge in [0, 0.05) is 25.5 Å². The summed E-state index contributed by atoms with van der Waals surface area (Å²) in [5.41, 5.74) is 4.46. The summed E-state index contributed by atoms with van der Waals surface area (Å²) in [6.07, 6.45) is 2.58. The first-order valence-corrected chi connectivity index (χ1v) is 12.6. The van der Waals surface area contributed by atoms with E-state index in [1.165, 1.54) is 5.56 Å². The summed E-state index contributed by atoms with van der Waals surface area (Å²) in [5, 5.41) is 8.89. The minimum absolute atomic E-state index is 0.0220. The van der Waals surface area contributed by atoms with Gasteiger partial charge in [-0.15, -0.1) is 0 Å². The highest BCUT2D eigenvalue weighted by molar-refractivity contribution is 8.11. The van der Waals surface area contributed by atoms with Crippen LogP contribution in [0.3, 0.4) is 0 Å². The largest absolute Gasteiger partial charge is 0.482 e. The van der Waals surface area contributed by atoms with E-state index in [9.17, 15) is 9.59 Å². The van der Waals surface area contributed by atoms with Gasteiger partial charge in [-0.05, 0) is 53.5 Å². The van der Waals surface area contributed by atoms with Crippen molar-refractivity contribution in [1.82, 2.24) is 9.62 Å². The van der Waals surface area contributed by atoms with Crippen molar-refractivity contribution < 1.29 is 19.4 Å². The number of ether oxygens (including phenoxy) is 1. The first kappa shape index (κ1) is 24.8. The van der Waals surface area contributed by atoms with E-state index in [0.29, 0.717) is 18.2 Å². The van der Waals surface area contributed by atoms with E-state index in [1.54, 1.807) is 4.90 Å². The number of aliphatic carboxylic acids is 1. The maximum Gasteiger partial charge on any atom is 0.341 e. The molecule has 0 aliphatic heterocycles. The number of nitrogens with zero attached hydrogens (tertiary/aromatic N) is 1. The van der Waals surface area contributed by atoms with E-state index < -0.39 is 5.97 Å². The van der Waals surface area contributed by atoms with Crippen molar-refractivity contribution in [2.75, 3.05) is 20.2 Å². The van der Waals surface area contributed by atoms with Crippen LogP contribution in [0.15, 0.2) is 78.9 Å². The SMILES string of the molecule is CN(CC1CCc2c(cccc2OCC(=O)O)C1)C(=O)SNC(c1ccccc1)c1ccccc1. The number of rotatable bonds is 9. The highest BCUT2D eigenvalue weighted by atomic mass is 32.2. The van der Waals surface area contributed by atoms with Crippen molar-refractivity contribution in [2.45, 2.75) is 25.3 Å². The number of benzene rings is 3. The molecule has 7 heteroatoms. The summed E-state index contributed by atoms with van der Waals surface area (Å²) in [6.45, 7) is 0.322. The highest BCUT2D eigenvalue weighted by Gasteiger charge is 2.25. The Morgan fingerprint density at radius 3 is 2.31 bits per heavy atom. The molecule has 6 nitrogen and oxygen atoms in total. The molecule has 1 amide bonds. The molecule has 0 saturated heterocycles. The molecule has 1 atom stereocenters. The number of hydrogen-bond donors (Lipinski definition) is 2. The van der Waals surface area contributed by atoms with E-state index >= 15 is 0 Å². The molecule has 4 rings (SSSR count). The Labute approximate surface area is 210 Å². The molecule has 2 N–H and O–H groups in total. The van der Waals surface area contributed by atoms with Crippen LogP contribution in [0, 0.1) is 5.92 Å². The van der Waals surface area contributed by atoms with Crippen molar-refractivity contribution in [1.29, 1.82) is 0 Å². The summed E-state index contributed by atoms with van der Waals surface area (Å²) >= 11 is 1.13. The van der Waals surface area contributed by atoms with E-state index in [-0.39, 0.29) is 17.9 Å². The van der Waals surface area contributed by atoms with E-state index in [1.807, 2.05) is 55.6 Å². The molecule has 1 aliphatic rings. The Balaban J connectivity index is 1.35. The first-order chi connectivity index (χ1) is 17.0. The molecule has 0 spiro atoms. The quantitative estimate of drug-likeness (QED) is 0.395. The third kappa shape index (κ3) is 6.65. The molecule has 0 saturated carbocycles. The van der Waals surface area contributed by atoms with Gasteiger partial charge < -0.3 is 14.7 Å². The lowest BCUT2D eigenvalue weighted by Gasteiger charge is -2.29. The predicted octanol–water partition coefficient (Wildman–Crippen LogP) is 5.33. The van der Waals surface area contributed by atoms with Gasteiger partial charge in [-0.2, -0.15) is 0 Å². The Bertz CT molecular complexity index is 1100. The van der Waals surface area contributed by atoms with Crippen molar-refractivity contribution in [3.05, 3.63) is 101 Å². The molecule has 0 aromatic heterocycles. The lowest BCUT2D eigenvalue weighted by molar-refractivity contribution is -0.139. The average molecular weight is 491 g/mol. The Morgan fingerprint density at radius 1 is 1.03 bits per heavy atom. The Morgan fingerprint density at radius 2 is 1.69 bits per heavy atom. The molecule has 0 fully saturated rings. The molecule has 3 aromatic rings. The zero-order valence-corrected chi connectivity index (χ0v) is 20.5. The highest BCUT2D eigenvalue weighted by Crippen LogP contribution is 2.33. The number of fused-ring (bicyclic) bond motifs is 1. The molecular formula is C28H30N2O4S. The lowest BCUT2D eigenvalue weighted by atomic mass is 9.83. The minimum atomic E-state index is -0.982. The van der Waals surface area contributed by atoms with Crippen LogP contribution in [0.5, 0.6) is 5.75 Å². The van der Waals surface area contributed by atoms with Crippen molar-refractivity contribution in [2.24, 2.45) is 5.92 Å². The summed E-state index contributed by atoms with van der Waals surface area (Å²) in [5.74, 6) is 0.00974. The van der Waals surface area contributed by atoms with Gasteiger partial charge in [-0.3, -0.25) is 4.79 Å². The van der Waals surface area contributed by atoms with Crippen molar-refractivity contribution >= 4 is 23.2 Å². The Hall–Kier alpha value is -3.29. The third-order valence-corrected chi connectivity index (χ3v) is 7.11. The second-order valence-electron chi connectivity index (χ2n) is 8.81. The molecule has 0 heterocycles. The fraction of sp³-hybridized carbons (Fsp3) is 0.286. The molecule has 0 radical (unpaired) electrons. The maximum atomic E-state index is 13.0. The van der Waals surface area contributed by atoms with E-state index in [0.717, 1.165) is 47.9 Å². The molecule has 35 heavy (non-hydrogen) atoms. The molecule has 182 valence electrons. The number of nitrogens with one attached hydrogen (secondary N) is 1. The number of carboxylic acid groups (broad SMARTS) is 1. The topological polar surface area (TPSA) is 78.9 Å². The van der Waals surface area contributed by atoms with Crippen LogP contribution in [-0.4, -0.2) is 41.4 Å². The maximum absolute atomic E-state index is 13.0. The van der Waals surface area contributed by atoms with Gasteiger partial charge in [0.2, 0.25) is 0 Å². The van der Waals surface area contributed by atoms with Crippen molar-refractivity contribution in [3.8, 4) is 5.75 Å². The fourth-order valence-corrected chi connectivity index (χ4v) is 5.27. The summed E-state index contributed by atoms with van der Waals surface area (Å²) < 4.78 is 8.85. The van der Waals surface area contributed by atoms with Gasteiger partial charge in [-0.25, -0.2) is 9.52 Å². The second-order valence-corrected chi connectivity index (χ2v) is 9.59. The molecule has 0 bridgehead atoms. The van der Waals surface area contributed by atoms with Crippen LogP contribution >= 0.6 is 11.9 Å². The first-order valence-electron chi connectivity index (χ1n) is 11.7. The zero-order chi connectivity index (χ0) is 24.6. The number of carbonyl (C=O) groups is 2. The van der Waals surface area contributed by atoms with Gasteiger partial charge in [0.25, 0.3) is 5.24 Å². The normalized spacial score (nSPS) is 14.9. The van der Waals surface area contributed by atoms with E-state index in [4.69, 9.17) is 9.84 Å². The van der Waals surface area contributed by atoms with Crippen LogP contribution in [0.4, 0.5) is 4.79 Å². The van der Waals surface area contributed by atoms with Crippen molar-refractivity contribution in [3.63, 3.8) is 0 Å². The summed E-state index contributed by atoms with van der Waals surface area (Å²) in [6, 6.07) is 26.0. The number of amides is 1. The predicted molar refractivity (Wildman–Crippen MR) is 139 cm³/mol. The number of carboxylic acids is 1. The van der Waals surface area contributed by atoms with Crippen LogP contribution in [0.25, 0.3) is 0 Å². The van der Waals surface area contributed by atoms with Crippen LogP contribution in [-0.2, 0) is 17.6 Å². The second kappa shape index (κ2) is 11.9. The van der Waals surface area contributed by atoms with Gasteiger partial charge in [0.1, 0.15) is 5.75 Å². The van der Waals surface area contributed by atoms with Gasteiger partial charge in [0.15, 0.2) is 6.61 Å². The van der Waals surface area contributed by atoms with E-state index in [2.05, 4.69) is 35.1 Å².